The molecule has 1 aromatic rings. The van der Waals surface area contributed by atoms with Gasteiger partial charge in [0.2, 0.25) is 0 Å². The minimum Gasteiger partial charge on any atom is -0.392 e. The van der Waals surface area contributed by atoms with Gasteiger partial charge in [-0.05, 0) is 32.4 Å². The van der Waals surface area contributed by atoms with Gasteiger partial charge in [-0.1, -0.05) is 24.6 Å². The molecule has 0 aliphatic rings. The van der Waals surface area contributed by atoms with Crippen LogP contribution in [0.1, 0.15) is 25.8 Å². The van der Waals surface area contributed by atoms with E-state index < -0.39 is 6.10 Å². The Kier molecular flexibility index (Phi) is 5.65. The second-order valence-corrected chi connectivity index (χ2v) is 4.59. The van der Waals surface area contributed by atoms with E-state index >= 15 is 0 Å². The van der Waals surface area contributed by atoms with Gasteiger partial charge in [-0.25, -0.2) is 4.79 Å². The van der Waals surface area contributed by atoms with Crippen molar-refractivity contribution >= 4 is 11.7 Å². The highest BCUT2D eigenvalue weighted by Gasteiger charge is 2.14. The maximum absolute atomic E-state index is 12.0. The largest absolute Gasteiger partial charge is 0.392 e. The highest BCUT2D eigenvalue weighted by molar-refractivity contribution is 5.89. The third kappa shape index (κ3) is 4.75. The summed E-state index contributed by atoms with van der Waals surface area (Å²) < 4.78 is 0. The molecule has 100 valence electrons. The number of carbonyl (C=O) groups excluding carboxylic acids is 1. The van der Waals surface area contributed by atoms with E-state index in [4.69, 9.17) is 0 Å². The van der Waals surface area contributed by atoms with Gasteiger partial charge in [-0.2, -0.15) is 0 Å². The predicted octanol–water partition coefficient (Wildman–Crippen LogP) is 2.62. The summed E-state index contributed by atoms with van der Waals surface area (Å²) in [6, 6.07) is 7.49. The van der Waals surface area contributed by atoms with Gasteiger partial charge in [0, 0.05) is 18.8 Å². The summed E-state index contributed by atoms with van der Waals surface area (Å²) in [6.45, 7) is 6.69. The van der Waals surface area contributed by atoms with Gasteiger partial charge < -0.3 is 15.3 Å². The molecule has 1 aromatic carbocycles. The molecule has 0 aliphatic carbocycles. The Labute approximate surface area is 109 Å². The summed E-state index contributed by atoms with van der Waals surface area (Å²) >= 11 is 0. The summed E-state index contributed by atoms with van der Waals surface area (Å²) in [7, 11) is 0. The molecule has 0 aromatic heterocycles. The second-order valence-electron chi connectivity index (χ2n) is 4.59. The number of aryl methyl sites for hydroxylation is 1. The van der Waals surface area contributed by atoms with Crippen LogP contribution in [0.25, 0.3) is 0 Å². The zero-order valence-corrected chi connectivity index (χ0v) is 11.3. The normalized spacial score (nSPS) is 12.0. The lowest BCUT2D eigenvalue weighted by Gasteiger charge is -2.23. The molecule has 0 heterocycles. The standard InChI is InChI=1S/C14H22N2O2/c1-4-9-16(10-12(3)17)14(18)15-13-7-5-11(2)6-8-13/h5-8,12,17H,4,9-10H2,1-3H3,(H,15,18)/t12-/m0/s1. The van der Waals surface area contributed by atoms with E-state index in [1.165, 1.54) is 0 Å². The third-order valence-electron chi connectivity index (χ3n) is 2.57. The van der Waals surface area contributed by atoms with Crippen molar-refractivity contribution in [3.05, 3.63) is 29.8 Å². The first kappa shape index (κ1) is 14.5. The van der Waals surface area contributed by atoms with Crippen LogP contribution in [0.5, 0.6) is 0 Å². The molecule has 0 saturated heterocycles. The van der Waals surface area contributed by atoms with Crippen LogP contribution in [0.3, 0.4) is 0 Å². The molecule has 0 bridgehead atoms. The summed E-state index contributed by atoms with van der Waals surface area (Å²) in [6.07, 6.45) is 0.355. The Morgan fingerprint density at radius 3 is 2.50 bits per heavy atom. The van der Waals surface area contributed by atoms with Crippen molar-refractivity contribution in [1.29, 1.82) is 0 Å². The van der Waals surface area contributed by atoms with Gasteiger partial charge >= 0.3 is 6.03 Å². The van der Waals surface area contributed by atoms with Crippen molar-refractivity contribution in [1.82, 2.24) is 4.90 Å². The zero-order chi connectivity index (χ0) is 13.5. The Bertz CT molecular complexity index is 374. The Hall–Kier alpha value is -1.55. The zero-order valence-electron chi connectivity index (χ0n) is 11.3. The number of aliphatic hydroxyl groups excluding tert-OH is 1. The fourth-order valence-corrected chi connectivity index (χ4v) is 1.70. The van der Waals surface area contributed by atoms with Crippen molar-refractivity contribution in [2.45, 2.75) is 33.3 Å². The molecule has 4 nitrogen and oxygen atoms in total. The molecule has 0 aliphatic heterocycles. The smallest absolute Gasteiger partial charge is 0.321 e. The molecule has 1 atom stereocenters. The Morgan fingerprint density at radius 1 is 1.39 bits per heavy atom. The number of amides is 2. The van der Waals surface area contributed by atoms with Crippen molar-refractivity contribution in [2.75, 3.05) is 18.4 Å². The van der Waals surface area contributed by atoms with Gasteiger partial charge in [-0.3, -0.25) is 0 Å². The number of hydrogen-bond donors (Lipinski definition) is 2. The van der Waals surface area contributed by atoms with Gasteiger partial charge in [0.15, 0.2) is 0 Å². The topological polar surface area (TPSA) is 52.6 Å². The third-order valence-corrected chi connectivity index (χ3v) is 2.57. The summed E-state index contributed by atoms with van der Waals surface area (Å²) in [5.74, 6) is 0. The Morgan fingerprint density at radius 2 is 2.00 bits per heavy atom. The summed E-state index contributed by atoms with van der Waals surface area (Å²) in [5, 5.41) is 12.2. The lowest BCUT2D eigenvalue weighted by molar-refractivity contribution is 0.138. The number of nitrogens with zero attached hydrogens (tertiary/aromatic N) is 1. The van der Waals surface area contributed by atoms with Crippen LogP contribution in [-0.4, -0.2) is 35.2 Å². The van der Waals surface area contributed by atoms with Crippen LogP contribution in [-0.2, 0) is 0 Å². The number of urea groups is 1. The molecule has 4 heteroatoms. The first-order chi connectivity index (χ1) is 8.52. The predicted molar refractivity (Wildman–Crippen MR) is 73.7 cm³/mol. The Balaban J connectivity index is 2.63. The highest BCUT2D eigenvalue weighted by atomic mass is 16.3. The quantitative estimate of drug-likeness (QED) is 0.844. The van der Waals surface area contributed by atoms with E-state index in [1.807, 2.05) is 38.1 Å². The van der Waals surface area contributed by atoms with E-state index in [9.17, 15) is 9.90 Å². The van der Waals surface area contributed by atoms with Crippen LogP contribution in [0.2, 0.25) is 0 Å². The van der Waals surface area contributed by atoms with E-state index in [2.05, 4.69) is 5.32 Å². The van der Waals surface area contributed by atoms with Gasteiger partial charge in [0.25, 0.3) is 0 Å². The number of hydrogen-bond acceptors (Lipinski definition) is 2. The fourth-order valence-electron chi connectivity index (χ4n) is 1.70. The molecular weight excluding hydrogens is 228 g/mol. The molecule has 18 heavy (non-hydrogen) atoms. The molecule has 2 amide bonds. The highest BCUT2D eigenvalue weighted by Crippen LogP contribution is 2.10. The van der Waals surface area contributed by atoms with Gasteiger partial charge in [-0.15, -0.1) is 0 Å². The summed E-state index contributed by atoms with van der Waals surface area (Å²) in [4.78, 5) is 13.7. The fraction of sp³-hybridized carbons (Fsp3) is 0.500. The van der Waals surface area contributed by atoms with Crippen LogP contribution in [0.15, 0.2) is 24.3 Å². The van der Waals surface area contributed by atoms with Crippen molar-refractivity contribution in [2.24, 2.45) is 0 Å². The average Bonchev–Trinajstić information content (AvgIpc) is 2.31. The molecule has 0 saturated carbocycles. The number of nitrogens with one attached hydrogen (secondary N) is 1. The molecule has 0 unspecified atom stereocenters. The maximum atomic E-state index is 12.0. The lowest BCUT2D eigenvalue weighted by Crippen LogP contribution is -2.39. The van der Waals surface area contributed by atoms with E-state index in [-0.39, 0.29) is 6.03 Å². The molecular formula is C14H22N2O2. The lowest BCUT2D eigenvalue weighted by atomic mass is 10.2. The number of aliphatic hydroxyl groups is 1. The maximum Gasteiger partial charge on any atom is 0.321 e. The minimum atomic E-state index is -0.514. The van der Waals surface area contributed by atoms with Gasteiger partial charge in [0.05, 0.1) is 6.10 Å². The van der Waals surface area contributed by atoms with Crippen LogP contribution in [0.4, 0.5) is 10.5 Å². The van der Waals surface area contributed by atoms with E-state index in [0.717, 1.165) is 17.7 Å². The number of anilines is 1. The van der Waals surface area contributed by atoms with Crippen LogP contribution >= 0.6 is 0 Å². The first-order valence-corrected chi connectivity index (χ1v) is 6.33. The number of rotatable bonds is 5. The molecule has 0 radical (unpaired) electrons. The minimum absolute atomic E-state index is 0.165. The molecule has 2 N–H and O–H groups in total. The van der Waals surface area contributed by atoms with Crippen molar-refractivity contribution in [3.63, 3.8) is 0 Å². The summed E-state index contributed by atoms with van der Waals surface area (Å²) in [5.41, 5.74) is 1.93. The van der Waals surface area contributed by atoms with Crippen LogP contribution < -0.4 is 5.32 Å². The molecule has 0 spiro atoms. The molecule has 1 rings (SSSR count). The number of carbonyl (C=O) groups is 1. The SMILES string of the molecule is CCCN(C[C@H](C)O)C(=O)Nc1ccc(C)cc1. The number of benzene rings is 1. The monoisotopic (exact) mass is 250 g/mol. The van der Waals surface area contributed by atoms with Gasteiger partial charge in [0.1, 0.15) is 0 Å². The van der Waals surface area contributed by atoms with Crippen molar-refractivity contribution in [3.8, 4) is 0 Å². The van der Waals surface area contributed by atoms with Crippen molar-refractivity contribution < 1.29 is 9.90 Å². The second kappa shape index (κ2) is 7.01. The first-order valence-electron chi connectivity index (χ1n) is 6.33. The average molecular weight is 250 g/mol. The molecule has 0 fully saturated rings. The van der Waals surface area contributed by atoms with Crippen LogP contribution in [0, 0.1) is 6.92 Å². The van der Waals surface area contributed by atoms with E-state index in [1.54, 1.807) is 11.8 Å². The van der Waals surface area contributed by atoms with E-state index in [0.29, 0.717) is 13.1 Å².